The third-order valence-corrected chi connectivity index (χ3v) is 5.32. The molecule has 4 rings (SSSR count). The van der Waals surface area contributed by atoms with Crippen LogP contribution in [0.2, 0.25) is 0 Å². The second-order valence-electron chi connectivity index (χ2n) is 7.60. The summed E-state index contributed by atoms with van der Waals surface area (Å²) in [4.78, 5) is 25.3. The number of hydrogen-bond acceptors (Lipinski definition) is 4. The number of rotatable bonds is 7. The second-order valence-corrected chi connectivity index (χ2v) is 7.60. The van der Waals surface area contributed by atoms with Gasteiger partial charge in [-0.15, -0.1) is 0 Å². The van der Waals surface area contributed by atoms with E-state index in [1.54, 1.807) is 38.3 Å². The van der Waals surface area contributed by atoms with Crippen molar-refractivity contribution in [2.24, 2.45) is 0 Å². The van der Waals surface area contributed by atoms with E-state index in [9.17, 15) is 9.59 Å². The van der Waals surface area contributed by atoms with Crippen LogP contribution in [0.5, 0.6) is 11.5 Å². The first-order chi connectivity index (χ1) is 16.0. The van der Waals surface area contributed by atoms with Crippen molar-refractivity contribution in [2.45, 2.75) is 19.6 Å². The van der Waals surface area contributed by atoms with Crippen LogP contribution in [-0.4, -0.2) is 19.0 Å². The quantitative estimate of drug-likeness (QED) is 0.500. The molecule has 1 aliphatic heterocycles. The number of anilines is 1. The zero-order valence-electron chi connectivity index (χ0n) is 18.4. The Labute approximate surface area is 192 Å². The standard InChI is InChI=1S/C26H25N3O4/c1-17-23(25(30)28-20-10-14-21(32-2)15-11-20)24(29-26(31)27-17)19-8-12-22(13-9-19)33-16-18-6-4-3-5-7-18/h3-15,24H,16H2,1-2H3,(H,28,30)(H2,27,29,31)/t24-/m1/s1. The van der Waals surface area contributed by atoms with Crippen LogP contribution in [0.15, 0.2) is 90.1 Å². The van der Waals surface area contributed by atoms with Gasteiger partial charge in [0.1, 0.15) is 18.1 Å². The average Bonchev–Trinajstić information content (AvgIpc) is 2.83. The Morgan fingerprint density at radius 1 is 0.939 bits per heavy atom. The summed E-state index contributed by atoms with van der Waals surface area (Å²) in [6, 6.07) is 23.4. The maximum atomic E-state index is 13.1. The summed E-state index contributed by atoms with van der Waals surface area (Å²) in [6.07, 6.45) is 0. The van der Waals surface area contributed by atoms with Crippen LogP contribution in [0.3, 0.4) is 0 Å². The van der Waals surface area contributed by atoms with Crippen LogP contribution >= 0.6 is 0 Å². The van der Waals surface area contributed by atoms with Crippen molar-refractivity contribution >= 4 is 17.6 Å². The Hall–Kier alpha value is -4.26. The molecule has 0 saturated heterocycles. The number of urea groups is 1. The summed E-state index contributed by atoms with van der Waals surface area (Å²) in [5.41, 5.74) is 3.41. The van der Waals surface area contributed by atoms with Crippen LogP contribution < -0.4 is 25.4 Å². The van der Waals surface area contributed by atoms with Gasteiger partial charge in [0.05, 0.1) is 18.7 Å². The molecule has 0 aromatic heterocycles. The summed E-state index contributed by atoms with van der Waals surface area (Å²) in [7, 11) is 1.58. The van der Waals surface area contributed by atoms with Gasteiger partial charge >= 0.3 is 6.03 Å². The fraction of sp³-hybridized carbons (Fsp3) is 0.154. The van der Waals surface area contributed by atoms with Crippen molar-refractivity contribution in [3.63, 3.8) is 0 Å². The normalized spacial score (nSPS) is 15.3. The van der Waals surface area contributed by atoms with Crippen LogP contribution in [-0.2, 0) is 11.4 Å². The molecule has 1 atom stereocenters. The molecule has 1 aliphatic rings. The molecule has 7 nitrogen and oxygen atoms in total. The molecule has 1 heterocycles. The van der Waals surface area contributed by atoms with E-state index in [4.69, 9.17) is 9.47 Å². The lowest BCUT2D eigenvalue weighted by atomic mass is 9.94. The Bertz CT molecular complexity index is 1160. The first kappa shape index (κ1) is 22.0. The number of ether oxygens (including phenoxy) is 2. The van der Waals surface area contributed by atoms with Crippen molar-refractivity contribution < 1.29 is 19.1 Å². The fourth-order valence-electron chi connectivity index (χ4n) is 3.62. The van der Waals surface area contributed by atoms with E-state index in [1.807, 2.05) is 54.6 Å². The van der Waals surface area contributed by atoms with E-state index in [0.29, 0.717) is 35.1 Å². The van der Waals surface area contributed by atoms with E-state index >= 15 is 0 Å². The highest BCUT2D eigenvalue weighted by Crippen LogP contribution is 2.29. The molecule has 0 aliphatic carbocycles. The predicted octanol–water partition coefficient (Wildman–Crippen LogP) is 4.54. The van der Waals surface area contributed by atoms with Crippen LogP contribution in [0.1, 0.15) is 24.1 Å². The molecule has 3 aromatic carbocycles. The third kappa shape index (κ3) is 5.33. The number of hydrogen-bond donors (Lipinski definition) is 3. The Balaban J connectivity index is 1.51. The van der Waals surface area contributed by atoms with Gasteiger partial charge < -0.3 is 25.4 Å². The average molecular weight is 444 g/mol. The molecular formula is C26H25N3O4. The molecule has 33 heavy (non-hydrogen) atoms. The fourth-order valence-corrected chi connectivity index (χ4v) is 3.62. The van der Waals surface area contributed by atoms with Gasteiger partial charge in [-0.1, -0.05) is 42.5 Å². The lowest BCUT2D eigenvalue weighted by Gasteiger charge is -2.28. The summed E-state index contributed by atoms with van der Waals surface area (Å²) in [5, 5.41) is 8.42. The number of nitrogens with one attached hydrogen (secondary N) is 3. The molecule has 0 saturated carbocycles. The predicted molar refractivity (Wildman–Crippen MR) is 126 cm³/mol. The number of carbonyl (C=O) groups excluding carboxylic acids is 2. The van der Waals surface area contributed by atoms with Gasteiger partial charge in [-0.2, -0.15) is 0 Å². The van der Waals surface area contributed by atoms with Crippen LogP contribution in [0, 0.1) is 0 Å². The highest BCUT2D eigenvalue weighted by molar-refractivity contribution is 6.06. The molecule has 0 radical (unpaired) electrons. The van der Waals surface area contributed by atoms with Crippen molar-refractivity contribution in [3.05, 3.63) is 101 Å². The number of benzene rings is 3. The van der Waals surface area contributed by atoms with Gasteiger partial charge in [0.15, 0.2) is 0 Å². The number of methoxy groups -OCH3 is 1. The van der Waals surface area contributed by atoms with Gasteiger partial charge in [0.2, 0.25) is 0 Å². The van der Waals surface area contributed by atoms with Crippen molar-refractivity contribution in [1.29, 1.82) is 0 Å². The maximum Gasteiger partial charge on any atom is 0.319 e. The molecule has 3 N–H and O–H groups in total. The molecule has 0 unspecified atom stereocenters. The van der Waals surface area contributed by atoms with Crippen molar-refractivity contribution in [1.82, 2.24) is 10.6 Å². The van der Waals surface area contributed by atoms with Gasteiger partial charge in [-0.3, -0.25) is 4.79 Å². The molecule has 0 spiro atoms. The Kier molecular flexibility index (Phi) is 6.59. The molecule has 0 bridgehead atoms. The van der Waals surface area contributed by atoms with Crippen LogP contribution in [0.25, 0.3) is 0 Å². The molecular weight excluding hydrogens is 418 g/mol. The topological polar surface area (TPSA) is 88.7 Å². The minimum Gasteiger partial charge on any atom is -0.497 e. The maximum absolute atomic E-state index is 13.1. The smallest absolute Gasteiger partial charge is 0.319 e. The van der Waals surface area contributed by atoms with E-state index in [1.165, 1.54) is 0 Å². The van der Waals surface area contributed by atoms with E-state index in [0.717, 1.165) is 11.1 Å². The van der Waals surface area contributed by atoms with Crippen molar-refractivity contribution in [2.75, 3.05) is 12.4 Å². The van der Waals surface area contributed by atoms with Crippen LogP contribution in [0.4, 0.5) is 10.5 Å². The number of amides is 3. The monoisotopic (exact) mass is 443 g/mol. The molecule has 7 heteroatoms. The minimum absolute atomic E-state index is 0.306. The SMILES string of the molecule is COc1ccc(NC(=O)C2=C(C)NC(=O)N[C@@H]2c2ccc(OCc3ccccc3)cc2)cc1. The number of carbonyl (C=O) groups is 2. The number of allylic oxidation sites excluding steroid dienone is 1. The lowest BCUT2D eigenvalue weighted by molar-refractivity contribution is -0.113. The van der Waals surface area contributed by atoms with E-state index < -0.39 is 6.04 Å². The second kappa shape index (κ2) is 9.91. The zero-order valence-corrected chi connectivity index (χ0v) is 18.4. The van der Waals surface area contributed by atoms with Crippen molar-refractivity contribution in [3.8, 4) is 11.5 Å². The van der Waals surface area contributed by atoms with Gasteiger partial charge in [0, 0.05) is 11.4 Å². The molecule has 0 fully saturated rings. The van der Waals surface area contributed by atoms with E-state index in [-0.39, 0.29) is 11.9 Å². The molecule has 3 aromatic rings. The third-order valence-electron chi connectivity index (χ3n) is 5.32. The summed E-state index contributed by atoms with van der Waals surface area (Å²) in [5.74, 6) is 1.09. The highest BCUT2D eigenvalue weighted by atomic mass is 16.5. The summed E-state index contributed by atoms with van der Waals surface area (Å²) >= 11 is 0. The first-order valence-corrected chi connectivity index (χ1v) is 10.5. The first-order valence-electron chi connectivity index (χ1n) is 10.5. The van der Waals surface area contributed by atoms with Gasteiger partial charge in [0.25, 0.3) is 5.91 Å². The van der Waals surface area contributed by atoms with Gasteiger partial charge in [-0.05, 0) is 54.4 Å². The lowest BCUT2D eigenvalue weighted by Crippen LogP contribution is -2.45. The van der Waals surface area contributed by atoms with E-state index in [2.05, 4.69) is 16.0 Å². The summed E-state index contributed by atoms with van der Waals surface area (Å²) in [6.45, 7) is 2.17. The van der Waals surface area contributed by atoms with Gasteiger partial charge in [-0.25, -0.2) is 4.79 Å². The zero-order chi connectivity index (χ0) is 23.2. The Morgan fingerprint density at radius 3 is 2.27 bits per heavy atom. The summed E-state index contributed by atoms with van der Waals surface area (Å²) < 4.78 is 11.0. The minimum atomic E-state index is -0.597. The molecule has 3 amide bonds. The Morgan fingerprint density at radius 2 is 1.61 bits per heavy atom. The largest absolute Gasteiger partial charge is 0.497 e. The highest BCUT2D eigenvalue weighted by Gasteiger charge is 2.31. The molecule has 168 valence electrons.